The minimum atomic E-state index is -0.488. The Bertz CT molecular complexity index is 470. The first kappa shape index (κ1) is 14.7. The molecule has 1 unspecified atom stereocenters. The summed E-state index contributed by atoms with van der Waals surface area (Å²) in [6, 6.07) is 5.31. The van der Waals surface area contributed by atoms with Crippen molar-refractivity contribution >= 4 is 5.91 Å². The summed E-state index contributed by atoms with van der Waals surface area (Å²) in [6.45, 7) is 0. The molecular formula is C15H22N2O3. The van der Waals surface area contributed by atoms with Crippen LogP contribution in [0.1, 0.15) is 37.3 Å². The molecule has 0 radical (unpaired) electrons. The number of rotatable bonds is 6. The predicted octanol–water partition coefficient (Wildman–Crippen LogP) is 1.76. The Hall–Kier alpha value is -1.75. The van der Waals surface area contributed by atoms with Gasteiger partial charge >= 0.3 is 0 Å². The van der Waals surface area contributed by atoms with Crippen LogP contribution in [0.4, 0.5) is 0 Å². The summed E-state index contributed by atoms with van der Waals surface area (Å²) in [5.41, 5.74) is 6.34. The standard InChI is InChI=1S/C15H22N2O3/c1-19-12-8-7-10(9-13(12)20-2)14(15(16)18)17-11-5-3-4-6-11/h7-9,11,14,17H,3-6H2,1-2H3,(H2,16,18). The van der Waals surface area contributed by atoms with Crippen molar-refractivity contribution in [3.05, 3.63) is 23.8 Å². The molecule has 1 saturated carbocycles. The third-order valence-electron chi connectivity index (χ3n) is 3.78. The van der Waals surface area contributed by atoms with E-state index in [1.807, 2.05) is 6.07 Å². The lowest BCUT2D eigenvalue weighted by Gasteiger charge is -2.21. The maximum Gasteiger partial charge on any atom is 0.239 e. The first-order valence-corrected chi connectivity index (χ1v) is 6.93. The first-order valence-electron chi connectivity index (χ1n) is 6.93. The summed E-state index contributed by atoms with van der Waals surface area (Å²) >= 11 is 0. The van der Waals surface area contributed by atoms with Crippen LogP contribution in [0, 0.1) is 0 Å². The molecule has 0 bridgehead atoms. The molecule has 1 aliphatic rings. The lowest BCUT2D eigenvalue weighted by molar-refractivity contribution is -0.120. The molecule has 1 fully saturated rings. The Balaban J connectivity index is 2.22. The predicted molar refractivity (Wildman–Crippen MR) is 76.9 cm³/mol. The Kier molecular flexibility index (Phi) is 4.84. The van der Waals surface area contributed by atoms with Gasteiger partial charge in [-0.25, -0.2) is 0 Å². The van der Waals surface area contributed by atoms with Gasteiger partial charge in [-0.1, -0.05) is 18.9 Å². The number of methoxy groups -OCH3 is 2. The zero-order valence-corrected chi connectivity index (χ0v) is 12.0. The van der Waals surface area contributed by atoms with E-state index >= 15 is 0 Å². The van der Waals surface area contributed by atoms with E-state index in [1.54, 1.807) is 26.4 Å². The molecule has 1 amide bonds. The number of hydrogen-bond donors (Lipinski definition) is 2. The third kappa shape index (κ3) is 3.22. The molecule has 0 spiro atoms. The number of ether oxygens (including phenoxy) is 2. The van der Waals surface area contributed by atoms with Gasteiger partial charge in [0.2, 0.25) is 5.91 Å². The molecule has 5 heteroatoms. The topological polar surface area (TPSA) is 73.6 Å². The summed E-state index contributed by atoms with van der Waals surface area (Å²) in [7, 11) is 3.16. The van der Waals surface area contributed by atoms with E-state index in [-0.39, 0.29) is 5.91 Å². The van der Waals surface area contributed by atoms with E-state index in [0.717, 1.165) is 18.4 Å². The van der Waals surface area contributed by atoms with Crippen LogP contribution in [0.15, 0.2) is 18.2 Å². The number of primary amides is 1. The minimum Gasteiger partial charge on any atom is -0.493 e. The Morgan fingerprint density at radius 2 is 1.90 bits per heavy atom. The van der Waals surface area contributed by atoms with Gasteiger partial charge in [-0.3, -0.25) is 10.1 Å². The fourth-order valence-electron chi connectivity index (χ4n) is 2.70. The molecule has 0 aromatic heterocycles. The molecule has 1 aliphatic carbocycles. The van der Waals surface area contributed by atoms with Crippen molar-refractivity contribution in [2.75, 3.05) is 14.2 Å². The molecule has 3 N–H and O–H groups in total. The van der Waals surface area contributed by atoms with Crippen molar-refractivity contribution in [3.63, 3.8) is 0 Å². The van der Waals surface area contributed by atoms with Crippen LogP contribution < -0.4 is 20.5 Å². The largest absolute Gasteiger partial charge is 0.493 e. The molecule has 1 atom stereocenters. The molecule has 2 rings (SSSR count). The Labute approximate surface area is 119 Å². The van der Waals surface area contributed by atoms with Crippen molar-refractivity contribution < 1.29 is 14.3 Å². The summed E-state index contributed by atoms with van der Waals surface area (Å²) in [6.07, 6.45) is 4.60. The molecular weight excluding hydrogens is 256 g/mol. The molecule has 0 saturated heterocycles. The summed E-state index contributed by atoms with van der Waals surface area (Å²) in [5.74, 6) is 0.869. The van der Waals surface area contributed by atoms with Crippen LogP contribution in [-0.2, 0) is 4.79 Å². The van der Waals surface area contributed by atoms with Gasteiger partial charge in [0.1, 0.15) is 6.04 Å². The van der Waals surface area contributed by atoms with E-state index in [4.69, 9.17) is 15.2 Å². The van der Waals surface area contributed by atoms with Crippen molar-refractivity contribution in [2.45, 2.75) is 37.8 Å². The fourth-order valence-corrected chi connectivity index (χ4v) is 2.70. The quantitative estimate of drug-likeness (QED) is 0.831. The highest BCUT2D eigenvalue weighted by Gasteiger charge is 2.24. The Morgan fingerprint density at radius 3 is 2.45 bits per heavy atom. The zero-order chi connectivity index (χ0) is 14.5. The first-order chi connectivity index (χ1) is 9.65. The van der Waals surface area contributed by atoms with Crippen LogP contribution >= 0.6 is 0 Å². The van der Waals surface area contributed by atoms with Crippen LogP contribution in [0.2, 0.25) is 0 Å². The van der Waals surface area contributed by atoms with Crippen molar-refractivity contribution in [1.29, 1.82) is 0 Å². The Morgan fingerprint density at radius 1 is 1.25 bits per heavy atom. The smallest absolute Gasteiger partial charge is 0.239 e. The number of carbonyl (C=O) groups is 1. The summed E-state index contributed by atoms with van der Waals surface area (Å²) in [5, 5.41) is 3.35. The molecule has 5 nitrogen and oxygen atoms in total. The molecule has 1 aromatic rings. The number of nitrogens with two attached hydrogens (primary N) is 1. The average molecular weight is 278 g/mol. The maximum absolute atomic E-state index is 11.7. The van der Waals surface area contributed by atoms with Crippen LogP contribution in [0.25, 0.3) is 0 Å². The second-order valence-electron chi connectivity index (χ2n) is 5.10. The van der Waals surface area contributed by atoms with Gasteiger partial charge in [-0.05, 0) is 30.5 Å². The molecule has 110 valence electrons. The highest BCUT2D eigenvalue weighted by Crippen LogP contribution is 2.31. The van der Waals surface area contributed by atoms with Gasteiger partial charge in [0.25, 0.3) is 0 Å². The second-order valence-corrected chi connectivity index (χ2v) is 5.10. The number of amides is 1. The molecule has 0 heterocycles. The van der Waals surface area contributed by atoms with Gasteiger partial charge in [-0.15, -0.1) is 0 Å². The van der Waals surface area contributed by atoms with Gasteiger partial charge < -0.3 is 15.2 Å². The van der Waals surface area contributed by atoms with Crippen LogP contribution in [0.3, 0.4) is 0 Å². The maximum atomic E-state index is 11.7. The van der Waals surface area contributed by atoms with E-state index in [9.17, 15) is 4.79 Å². The molecule has 0 aliphatic heterocycles. The molecule has 20 heavy (non-hydrogen) atoms. The van der Waals surface area contributed by atoms with Gasteiger partial charge in [-0.2, -0.15) is 0 Å². The lowest BCUT2D eigenvalue weighted by atomic mass is 10.0. The van der Waals surface area contributed by atoms with E-state index < -0.39 is 6.04 Å². The zero-order valence-electron chi connectivity index (χ0n) is 12.0. The molecule has 1 aromatic carbocycles. The SMILES string of the molecule is COc1ccc(C(NC2CCCC2)C(N)=O)cc1OC. The van der Waals surface area contributed by atoms with E-state index in [2.05, 4.69) is 5.32 Å². The van der Waals surface area contributed by atoms with Crippen molar-refractivity contribution in [2.24, 2.45) is 5.73 Å². The highest BCUT2D eigenvalue weighted by molar-refractivity contribution is 5.81. The van der Waals surface area contributed by atoms with Gasteiger partial charge in [0.05, 0.1) is 14.2 Å². The minimum absolute atomic E-state index is 0.362. The number of carbonyl (C=O) groups excluding carboxylic acids is 1. The van der Waals surface area contributed by atoms with Crippen LogP contribution in [-0.4, -0.2) is 26.2 Å². The normalized spacial score (nSPS) is 16.9. The van der Waals surface area contributed by atoms with Crippen LogP contribution in [0.5, 0.6) is 11.5 Å². The van der Waals surface area contributed by atoms with Gasteiger partial charge in [0, 0.05) is 6.04 Å². The lowest BCUT2D eigenvalue weighted by Crippen LogP contribution is -2.38. The summed E-state index contributed by atoms with van der Waals surface area (Å²) in [4.78, 5) is 11.7. The third-order valence-corrected chi connectivity index (χ3v) is 3.78. The number of nitrogens with one attached hydrogen (secondary N) is 1. The van der Waals surface area contributed by atoms with Crippen molar-refractivity contribution in [3.8, 4) is 11.5 Å². The fraction of sp³-hybridized carbons (Fsp3) is 0.533. The van der Waals surface area contributed by atoms with Crippen molar-refractivity contribution in [1.82, 2.24) is 5.32 Å². The average Bonchev–Trinajstić information content (AvgIpc) is 2.96. The highest BCUT2D eigenvalue weighted by atomic mass is 16.5. The number of hydrogen-bond acceptors (Lipinski definition) is 4. The van der Waals surface area contributed by atoms with E-state index in [1.165, 1.54) is 12.8 Å². The van der Waals surface area contributed by atoms with Gasteiger partial charge in [0.15, 0.2) is 11.5 Å². The van der Waals surface area contributed by atoms with E-state index in [0.29, 0.717) is 17.5 Å². The monoisotopic (exact) mass is 278 g/mol. The summed E-state index contributed by atoms with van der Waals surface area (Å²) < 4.78 is 10.5. The number of benzene rings is 1. The second kappa shape index (κ2) is 6.61.